The van der Waals surface area contributed by atoms with Gasteiger partial charge in [-0.2, -0.15) is 13.2 Å². The van der Waals surface area contributed by atoms with Gasteiger partial charge >= 0.3 is 6.18 Å². The molecule has 3 aromatic rings. The summed E-state index contributed by atoms with van der Waals surface area (Å²) < 4.78 is 44.3. The van der Waals surface area contributed by atoms with Gasteiger partial charge in [-0.05, 0) is 36.4 Å². The molecule has 0 N–H and O–H groups in total. The molecule has 0 atom stereocenters. The van der Waals surface area contributed by atoms with Gasteiger partial charge in [0.1, 0.15) is 11.6 Å². The van der Waals surface area contributed by atoms with Crippen LogP contribution < -0.4 is 4.90 Å². The summed E-state index contributed by atoms with van der Waals surface area (Å²) in [6.45, 7) is 2.30. The number of carbonyl (C=O) groups is 1. The van der Waals surface area contributed by atoms with Crippen molar-refractivity contribution in [2.24, 2.45) is 0 Å². The number of benzene rings is 1. The van der Waals surface area contributed by atoms with Gasteiger partial charge in [0.2, 0.25) is 0 Å². The predicted octanol–water partition coefficient (Wildman–Crippen LogP) is 4.32. The fourth-order valence-electron chi connectivity index (χ4n) is 3.29. The second-order valence-electron chi connectivity index (χ2n) is 6.71. The Kier molecular flexibility index (Phi) is 5.00. The van der Waals surface area contributed by atoms with Crippen molar-refractivity contribution >= 4 is 11.7 Å². The number of hydrogen-bond donors (Lipinski definition) is 0. The third kappa shape index (κ3) is 4.11. The molecule has 150 valence electrons. The summed E-state index contributed by atoms with van der Waals surface area (Å²) >= 11 is 0. The van der Waals surface area contributed by atoms with E-state index in [1.165, 1.54) is 24.3 Å². The third-order valence-corrected chi connectivity index (χ3v) is 4.83. The number of furan rings is 1. The molecule has 1 fully saturated rings. The van der Waals surface area contributed by atoms with Crippen LogP contribution in [0.4, 0.5) is 19.0 Å². The van der Waals surface area contributed by atoms with Crippen molar-refractivity contribution in [3.63, 3.8) is 0 Å². The van der Waals surface area contributed by atoms with Crippen LogP contribution in [0.2, 0.25) is 0 Å². The number of hydrogen-bond acceptors (Lipinski definition) is 4. The number of rotatable bonds is 3. The molecule has 0 radical (unpaired) electrons. The van der Waals surface area contributed by atoms with E-state index < -0.39 is 11.7 Å². The van der Waals surface area contributed by atoms with Crippen LogP contribution in [0.15, 0.2) is 65.2 Å². The van der Waals surface area contributed by atoms with E-state index in [0.717, 1.165) is 18.0 Å². The Hall–Kier alpha value is -3.29. The van der Waals surface area contributed by atoms with E-state index in [1.54, 1.807) is 11.1 Å². The van der Waals surface area contributed by atoms with Gasteiger partial charge in [0.25, 0.3) is 5.91 Å². The zero-order valence-corrected chi connectivity index (χ0v) is 15.4. The van der Waals surface area contributed by atoms with E-state index in [4.69, 9.17) is 4.42 Å². The minimum absolute atomic E-state index is 0.115. The molecule has 29 heavy (non-hydrogen) atoms. The number of piperazine rings is 1. The van der Waals surface area contributed by atoms with Crippen LogP contribution in [0.25, 0.3) is 11.3 Å². The lowest BCUT2D eigenvalue weighted by Crippen LogP contribution is -2.49. The summed E-state index contributed by atoms with van der Waals surface area (Å²) in [5.41, 5.74) is -0.483. The Morgan fingerprint density at radius 3 is 2.45 bits per heavy atom. The first-order valence-corrected chi connectivity index (χ1v) is 9.14. The van der Waals surface area contributed by atoms with Gasteiger partial charge in [0, 0.05) is 37.9 Å². The first kappa shape index (κ1) is 19.0. The number of anilines is 1. The average Bonchev–Trinajstić information content (AvgIpc) is 3.24. The molecule has 2 aromatic heterocycles. The van der Waals surface area contributed by atoms with Gasteiger partial charge < -0.3 is 14.2 Å². The normalized spacial score (nSPS) is 14.9. The van der Waals surface area contributed by atoms with E-state index in [-0.39, 0.29) is 23.0 Å². The highest BCUT2D eigenvalue weighted by Gasteiger charge is 2.31. The van der Waals surface area contributed by atoms with E-state index in [2.05, 4.69) is 9.88 Å². The highest BCUT2D eigenvalue weighted by molar-refractivity contribution is 5.92. The van der Waals surface area contributed by atoms with E-state index in [0.29, 0.717) is 26.2 Å². The number of nitrogens with zero attached hydrogens (tertiary/aromatic N) is 3. The van der Waals surface area contributed by atoms with Gasteiger partial charge in [-0.3, -0.25) is 4.79 Å². The molecule has 0 spiro atoms. The molecule has 1 aromatic carbocycles. The van der Waals surface area contributed by atoms with Crippen molar-refractivity contribution in [1.29, 1.82) is 0 Å². The van der Waals surface area contributed by atoms with Gasteiger partial charge in [-0.15, -0.1) is 0 Å². The third-order valence-electron chi connectivity index (χ3n) is 4.83. The molecule has 0 aliphatic carbocycles. The summed E-state index contributed by atoms with van der Waals surface area (Å²) in [5.74, 6) is 0.934. The van der Waals surface area contributed by atoms with E-state index in [9.17, 15) is 18.0 Å². The van der Waals surface area contributed by atoms with Gasteiger partial charge in [0.05, 0.1) is 5.56 Å². The molecule has 1 aliphatic heterocycles. The van der Waals surface area contributed by atoms with Crippen LogP contribution in [0.5, 0.6) is 0 Å². The maximum Gasteiger partial charge on any atom is 0.416 e. The molecule has 0 saturated carbocycles. The summed E-state index contributed by atoms with van der Waals surface area (Å²) in [4.78, 5) is 20.8. The molecule has 4 rings (SSSR count). The summed E-state index contributed by atoms with van der Waals surface area (Å²) in [6, 6.07) is 13.6. The standard InChI is InChI=1S/C21H18F3N3O2/c22-21(23,24)16-5-3-4-15(14-16)17-7-8-18(29-17)20(28)27-12-10-26(11-13-27)19-6-1-2-9-25-19/h1-9,14H,10-13H2. The Labute approximate surface area is 165 Å². The zero-order chi connectivity index (χ0) is 20.4. The van der Waals surface area contributed by atoms with Crippen molar-refractivity contribution in [2.45, 2.75) is 6.18 Å². The molecule has 0 unspecified atom stereocenters. The number of pyridine rings is 1. The number of amides is 1. The van der Waals surface area contributed by atoms with E-state index in [1.807, 2.05) is 18.2 Å². The van der Waals surface area contributed by atoms with Crippen LogP contribution in [0.3, 0.4) is 0 Å². The van der Waals surface area contributed by atoms with Gasteiger partial charge in [-0.1, -0.05) is 18.2 Å². The van der Waals surface area contributed by atoms with Crippen LogP contribution >= 0.6 is 0 Å². The minimum atomic E-state index is -4.44. The number of halogens is 3. The molecule has 8 heteroatoms. The Morgan fingerprint density at radius 1 is 0.966 bits per heavy atom. The van der Waals surface area contributed by atoms with Gasteiger partial charge in [-0.25, -0.2) is 4.98 Å². The molecule has 1 amide bonds. The Bertz CT molecular complexity index is 994. The molecule has 0 bridgehead atoms. The number of carbonyl (C=O) groups excluding carboxylic acids is 1. The monoisotopic (exact) mass is 401 g/mol. The second kappa shape index (κ2) is 7.62. The lowest BCUT2D eigenvalue weighted by Gasteiger charge is -2.34. The van der Waals surface area contributed by atoms with Crippen LogP contribution in [-0.2, 0) is 6.18 Å². The largest absolute Gasteiger partial charge is 0.451 e. The first-order chi connectivity index (χ1) is 13.9. The maximum atomic E-state index is 12.9. The first-order valence-electron chi connectivity index (χ1n) is 9.14. The summed E-state index contributed by atoms with van der Waals surface area (Å²) in [6.07, 6.45) is -2.71. The second-order valence-corrected chi connectivity index (χ2v) is 6.71. The summed E-state index contributed by atoms with van der Waals surface area (Å²) in [7, 11) is 0. The number of alkyl halides is 3. The fourth-order valence-corrected chi connectivity index (χ4v) is 3.29. The lowest BCUT2D eigenvalue weighted by molar-refractivity contribution is -0.137. The van der Waals surface area contributed by atoms with Crippen molar-refractivity contribution in [2.75, 3.05) is 31.1 Å². The highest BCUT2D eigenvalue weighted by atomic mass is 19.4. The van der Waals surface area contributed by atoms with Crippen molar-refractivity contribution in [3.05, 3.63) is 72.1 Å². The van der Waals surface area contributed by atoms with Crippen LogP contribution in [-0.4, -0.2) is 42.0 Å². The average molecular weight is 401 g/mol. The SMILES string of the molecule is O=C(c1ccc(-c2cccc(C(F)(F)F)c2)o1)N1CCN(c2ccccn2)CC1. The van der Waals surface area contributed by atoms with Crippen molar-refractivity contribution < 1.29 is 22.4 Å². The van der Waals surface area contributed by atoms with Crippen molar-refractivity contribution in [3.8, 4) is 11.3 Å². The molecular formula is C21H18F3N3O2. The predicted molar refractivity (Wildman–Crippen MR) is 101 cm³/mol. The molecule has 5 nitrogen and oxygen atoms in total. The molecule has 1 aliphatic rings. The van der Waals surface area contributed by atoms with E-state index >= 15 is 0 Å². The van der Waals surface area contributed by atoms with Gasteiger partial charge in [0.15, 0.2) is 5.76 Å². The Morgan fingerprint density at radius 2 is 1.76 bits per heavy atom. The topological polar surface area (TPSA) is 49.6 Å². The van der Waals surface area contributed by atoms with Crippen molar-refractivity contribution in [1.82, 2.24) is 9.88 Å². The Balaban J connectivity index is 1.44. The quantitative estimate of drug-likeness (QED) is 0.656. The molecule has 3 heterocycles. The van der Waals surface area contributed by atoms with Crippen LogP contribution in [0, 0.1) is 0 Å². The smallest absolute Gasteiger partial charge is 0.416 e. The molecular weight excluding hydrogens is 383 g/mol. The summed E-state index contributed by atoms with van der Waals surface area (Å²) in [5, 5.41) is 0. The minimum Gasteiger partial charge on any atom is -0.451 e. The highest BCUT2D eigenvalue weighted by Crippen LogP contribution is 2.32. The zero-order valence-electron chi connectivity index (χ0n) is 15.4. The molecule has 1 saturated heterocycles. The van der Waals surface area contributed by atoms with Crippen LogP contribution in [0.1, 0.15) is 16.1 Å². The fraction of sp³-hybridized carbons (Fsp3) is 0.238. The lowest BCUT2D eigenvalue weighted by atomic mass is 10.1. The maximum absolute atomic E-state index is 12.9. The number of aromatic nitrogens is 1.